The molecule has 0 radical (unpaired) electrons. The van der Waals surface area contributed by atoms with E-state index in [0.29, 0.717) is 62.0 Å². The van der Waals surface area contributed by atoms with Crippen LogP contribution in [0.15, 0.2) is 12.1 Å². The normalized spacial score (nSPS) is 17.8. The van der Waals surface area contributed by atoms with E-state index in [2.05, 4.69) is 5.32 Å². The standard InChI is InChI=1S/C20H28N2O7/c1-25-15-12-14(13-16(26-2)18(15)27-3)19(24)21-7-4-17(23)22-8-5-20(6-9-22)28-10-11-29-20/h12-13H,4-11H2,1-3H3,(H,21,24). The summed E-state index contributed by atoms with van der Waals surface area (Å²) in [5, 5.41) is 2.77. The Morgan fingerprint density at radius 2 is 1.62 bits per heavy atom. The summed E-state index contributed by atoms with van der Waals surface area (Å²) in [7, 11) is 4.48. The summed E-state index contributed by atoms with van der Waals surface area (Å²) in [4.78, 5) is 26.7. The number of benzene rings is 1. The lowest BCUT2D eigenvalue weighted by Crippen LogP contribution is -2.47. The van der Waals surface area contributed by atoms with Crippen molar-refractivity contribution in [2.24, 2.45) is 0 Å². The summed E-state index contributed by atoms with van der Waals surface area (Å²) >= 11 is 0. The number of hydrogen-bond acceptors (Lipinski definition) is 7. The summed E-state index contributed by atoms with van der Waals surface area (Å²) in [6, 6.07) is 3.15. The number of amides is 2. The predicted octanol–water partition coefficient (Wildman–Crippen LogP) is 1.20. The zero-order valence-corrected chi connectivity index (χ0v) is 17.1. The number of nitrogens with zero attached hydrogens (tertiary/aromatic N) is 1. The number of methoxy groups -OCH3 is 3. The highest BCUT2D eigenvalue weighted by Crippen LogP contribution is 2.38. The molecule has 2 heterocycles. The second kappa shape index (κ2) is 9.32. The Bertz CT molecular complexity index is 711. The highest BCUT2D eigenvalue weighted by Gasteiger charge is 2.40. The lowest BCUT2D eigenvalue weighted by molar-refractivity contribution is -0.187. The van der Waals surface area contributed by atoms with Crippen LogP contribution in [0.25, 0.3) is 0 Å². The Kier molecular flexibility index (Phi) is 6.81. The zero-order valence-electron chi connectivity index (χ0n) is 17.1. The Hall–Kier alpha value is -2.52. The van der Waals surface area contributed by atoms with Crippen molar-refractivity contribution in [2.75, 3.05) is 54.2 Å². The molecule has 3 rings (SSSR count). The van der Waals surface area contributed by atoms with E-state index >= 15 is 0 Å². The van der Waals surface area contributed by atoms with Crippen LogP contribution in [0.3, 0.4) is 0 Å². The van der Waals surface area contributed by atoms with E-state index < -0.39 is 5.79 Å². The molecule has 2 aliphatic heterocycles. The summed E-state index contributed by atoms with van der Waals surface area (Å²) in [6.45, 7) is 2.66. The van der Waals surface area contributed by atoms with Crippen LogP contribution >= 0.6 is 0 Å². The van der Waals surface area contributed by atoms with Gasteiger partial charge in [0.2, 0.25) is 11.7 Å². The Morgan fingerprint density at radius 3 is 2.14 bits per heavy atom. The smallest absolute Gasteiger partial charge is 0.251 e. The van der Waals surface area contributed by atoms with Crippen LogP contribution in [0.5, 0.6) is 17.2 Å². The largest absolute Gasteiger partial charge is 0.493 e. The summed E-state index contributed by atoms with van der Waals surface area (Å²) in [5.41, 5.74) is 0.363. The molecule has 1 N–H and O–H groups in total. The van der Waals surface area contributed by atoms with Crippen molar-refractivity contribution in [3.05, 3.63) is 17.7 Å². The highest BCUT2D eigenvalue weighted by molar-refractivity contribution is 5.95. The van der Waals surface area contributed by atoms with Crippen molar-refractivity contribution in [2.45, 2.75) is 25.0 Å². The predicted molar refractivity (Wildman–Crippen MR) is 103 cm³/mol. The monoisotopic (exact) mass is 408 g/mol. The van der Waals surface area contributed by atoms with Crippen LogP contribution in [0.2, 0.25) is 0 Å². The van der Waals surface area contributed by atoms with Crippen molar-refractivity contribution < 1.29 is 33.3 Å². The van der Waals surface area contributed by atoms with Gasteiger partial charge in [-0.3, -0.25) is 9.59 Å². The average Bonchev–Trinajstić information content (AvgIpc) is 3.20. The molecule has 0 unspecified atom stereocenters. The molecule has 0 aliphatic carbocycles. The Balaban J connectivity index is 1.50. The number of hydrogen-bond donors (Lipinski definition) is 1. The lowest BCUT2D eigenvalue weighted by atomic mass is 10.0. The first-order valence-corrected chi connectivity index (χ1v) is 9.66. The fraction of sp³-hybridized carbons (Fsp3) is 0.600. The van der Waals surface area contributed by atoms with Crippen molar-refractivity contribution in [1.29, 1.82) is 0 Å². The van der Waals surface area contributed by atoms with Gasteiger partial charge in [0.1, 0.15) is 0 Å². The van der Waals surface area contributed by atoms with Crippen LogP contribution in [0.4, 0.5) is 0 Å². The van der Waals surface area contributed by atoms with Gasteiger partial charge in [0.25, 0.3) is 5.91 Å². The molecule has 160 valence electrons. The third-order valence-corrected chi connectivity index (χ3v) is 5.24. The van der Waals surface area contributed by atoms with E-state index in [1.54, 1.807) is 17.0 Å². The first-order chi connectivity index (χ1) is 14.0. The van der Waals surface area contributed by atoms with E-state index in [-0.39, 0.29) is 24.8 Å². The van der Waals surface area contributed by atoms with Crippen molar-refractivity contribution in [3.8, 4) is 17.2 Å². The molecule has 0 aromatic heterocycles. The number of nitrogens with one attached hydrogen (secondary N) is 1. The van der Waals surface area contributed by atoms with Gasteiger partial charge in [-0.05, 0) is 12.1 Å². The lowest BCUT2D eigenvalue weighted by Gasteiger charge is -2.37. The summed E-state index contributed by atoms with van der Waals surface area (Å²) in [6.07, 6.45) is 1.58. The highest BCUT2D eigenvalue weighted by atomic mass is 16.7. The first kappa shape index (κ1) is 21.2. The van der Waals surface area contributed by atoms with Crippen LogP contribution in [0.1, 0.15) is 29.6 Å². The maximum Gasteiger partial charge on any atom is 0.251 e. The minimum Gasteiger partial charge on any atom is -0.493 e. The van der Waals surface area contributed by atoms with Crippen LogP contribution in [-0.2, 0) is 14.3 Å². The van der Waals surface area contributed by atoms with Gasteiger partial charge >= 0.3 is 0 Å². The molecule has 9 heteroatoms. The molecule has 0 bridgehead atoms. The van der Waals surface area contributed by atoms with Crippen LogP contribution in [-0.4, -0.2) is 76.7 Å². The number of likely N-dealkylation sites (tertiary alicyclic amines) is 1. The second-order valence-electron chi connectivity index (χ2n) is 6.91. The van der Waals surface area contributed by atoms with E-state index in [9.17, 15) is 9.59 Å². The van der Waals surface area contributed by atoms with Crippen molar-refractivity contribution in [1.82, 2.24) is 10.2 Å². The molecule has 0 saturated carbocycles. The average molecular weight is 408 g/mol. The van der Waals surface area contributed by atoms with Gasteiger partial charge in [-0.15, -0.1) is 0 Å². The molecule has 2 aliphatic rings. The van der Waals surface area contributed by atoms with Gasteiger partial charge < -0.3 is 33.9 Å². The molecular weight excluding hydrogens is 380 g/mol. The van der Waals surface area contributed by atoms with Gasteiger partial charge in [0.15, 0.2) is 17.3 Å². The molecule has 2 fully saturated rings. The summed E-state index contributed by atoms with van der Waals surface area (Å²) < 4.78 is 27.1. The maximum absolute atomic E-state index is 12.5. The molecule has 1 aromatic rings. The zero-order chi connectivity index (χ0) is 20.9. The van der Waals surface area contributed by atoms with Crippen molar-refractivity contribution >= 4 is 11.8 Å². The van der Waals surface area contributed by atoms with Crippen LogP contribution in [0, 0.1) is 0 Å². The topological polar surface area (TPSA) is 95.6 Å². The maximum atomic E-state index is 12.5. The number of ether oxygens (including phenoxy) is 5. The number of piperidine rings is 1. The van der Waals surface area contributed by atoms with Crippen molar-refractivity contribution in [3.63, 3.8) is 0 Å². The van der Waals surface area contributed by atoms with Gasteiger partial charge in [0, 0.05) is 44.5 Å². The summed E-state index contributed by atoms with van der Waals surface area (Å²) in [5.74, 6) is 0.390. The fourth-order valence-corrected chi connectivity index (χ4v) is 3.64. The van der Waals surface area contributed by atoms with E-state index in [4.69, 9.17) is 23.7 Å². The second-order valence-corrected chi connectivity index (χ2v) is 6.91. The van der Waals surface area contributed by atoms with E-state index in [1.807, 2.05) is 0 Å². The van der Waals surface area contributed by atoms with E-state index in [1.165, 1.54) is 21.3 Å². The molecule has 1 spiro atoms. The number of carbonyl (C=O) groups is 2. The SMILES string of the molecule is COc1cc(C(=O)NCCC(=O)N2CCC3(CC2)OCCO3)cc(OC)c1OC. The third-order valence-electron chi connectivity index (χ3n) is 5.24. The van der Waals surface area contributed by atoms with Gasteiger partial charge in [-0.2, -0.15) is 0 Å². The number of carbonyl (C=O) groups excluding carboxylic acids is 2. The quantitative estimate of drug-likeness (QED) is 0.724. The fourth-order valence-electron chi connectivity index (χ4n) is 3.64. The third kappa shape index (κ3) is 4.73. The molecular formula is C20H28N2O7. The molecule has 0 atom stereocenters. The first-order valence-electron chi connectivity index (χ1n) is 9.66. The molecule has 2 amide bonds. The minimum absolute atomic E-state index is 0.00281. The van der Waals surface area contributed by atoms with Gasteiger partial charge in [0.05, 0.1) is 34.5 Å². The molecule has 1 aromatic carbocycles. The van der Waals surface area contributed by atoms with Crippen LogP contribution < -0.4 is 19.5 Å². The van der Waals surface area contributed by atoms with E-state index in [0.717, 1.165) is 0 Å². The number of rotatable bonds is 7. The molecule has 2 saturated heterocycles. The van der Waals surface area contributed by atoms with Gasteiger partial charge in [-0.25, -0.2) is 0 Å². The van der Waals surface area contributed by atoms with Gasteiger partial charge in [-0.1, -0.05) is 0 Å². The Morgan fingerprint density at radius 1 is 1.03 bits per heavy atom. The molecule has 9 nitrogen and oxygen atoms in total. The Labute approximate surface area is 170 Å². The molecule has 29 heavy (non-hydrogen) atoms. The minimum atomic E-state index is -0.503.